The molecule has 5 rings (SSSR count). The minimum Gasteiger partial charge on any atom is -0.507 e. The highest BCUT2D eigenvalue weighted by atomic mass is 35.5. The topological polar surface area (TPSA) is 223 Å². The summed E-state index contributed by atoms with van der Waals surface area (Å²) in [5.74, 6) is -4.57. The predicted octanol–water partition coefficient (Wildman–Crippen LogP) is 0.670. The van der Waals surface area contributed by atoms with Gasteiger partial charge in [-0.25, -0.2) is 9.48 Å². The quantitative estimate of drug-likeness (QED) is 0.150. The van der Waals surface area contributed by atoms with Gasteiger partial charge in [0.2, 0.25) is 17.0 Å². The lowest BCUT2D eigenvalue weighted by Crippen LogP contribution is -2.71. The van der Waals surface area contributed by atoms with Gasteiger partial charge in [0.1, 0.15) is 28.9 Å². The molecule has 0 bridgehead atoms. The maximum atomic E-state index is 13.6. The van der Waals surface area contributed by atoms with Crippen LogP contribution in [0.4, 0.5) is 0 Å². The van der Waals surface area contributed by atoms with Crippen LogP contribution in [0.2, 0.25) is 5.02 Å². The molecule has 0 spiro atoms. The first kappa shape index (κ1) is 30.8. The number of phenolic OH excluding ortho intramolecular Hbond substituents is 1. The molecule has 6 N–H and O–H groups in total. The summed E-state index contributed by atoms with van der Waals surface area (Å²) in [4.78, 5) is 65.1. The standard InChI is InChI=1S/C26H23ClN8O7S2/c1-34-26(31-32-33-34)44-10-12-9-43-24-18(23(40)35(24)19(12)25(41)42)30-22(39)17(11-5-3-2-4-6-11)29-21(38)14-7-13(20(28)37)15(27)8-16(14)36/h2-8,17-18,24,36H,9-10H2,1H3,(H2,28,37)(H,29,38)(H,30,39)(H,41,42)/t17-,18?,24-/m0/s1. The van der Waals surface area contributed by atoms with Crippen molar-refractivity contribution < 1.29 is 34.2 Å². The van der Waals surface area contributed by atoms with E-state index < -0.39 is 52.8 Å². The van der Waals surface area contributed by atoms with Crippen molar-refractivity contribution >= 4 is 64.7 Å². The summed E-state index contributed by atoms with van der Waals surface area (Å²) >= 11 is 8.45. The number of carboxylic acid groups (broad SMARTS) is 1. The fourth-order valence-electron chi connectivity index (χ4n) is 4.61. The Kier molecular flexibility index (Phi) is 8.80. The number of aromatic nitrogens is 4. The van der Waals surface area contributed by atoms with E-state index >= 15 is 0 Å². The number of carboxylic acids is 1. The van der Waals surface area contributed by atoms with E-state index in [1.807, 2.05) is 0 Å². The fourth-order valence-corrected chi connectivity index (χ4v) is 7.20. The zero-order valence-electron chi connectivity index (χ0n) is 22.6. The van der Waals surface area contributed by atoms with E-state index in [4.69, 9.17) is 17.3 Å². The number of aryl methyl sites for hydroxylation is 1. The van der Waals surface area contributed by atoms with E-state index in [9.17, 15) is 34.2 Å². The zero-order valence-corrected chi connectivity index (χ0v) is 25.0. The van der Waals surface area contributed by atoms with Gasteiger partial charge in [0, 0.05) is 24.6 Å². The first-order chi connectivity index (χ1) is 21.0. The van der Waals surface area contributed by atoms with E-state index in [1.165, 1.54) is 28.2 Å². The number of carbonyl (C=O) groups is 5. The second-order valence-electron chi connectivity index (χ2n) is 9.56. The van der Waals surface area contributed by atoms with E-state index in [2.05, 4.69) is 26.2 Å². The molecular weight excluding hydrogens is 636 g/mol. The van der Waals surface area contributed by atoms with Crippen LogP contribution in [0.1, 0.15) is 32.3 Å². The number of aromatic hydroxyl groups is 1. The molecule has 228 valence electrons. The van der Waals surface area contributed by atoms with Gasteiger partial charge in [-0.1, -0.05) is 53.7 Å². The molecule has 0 saturated carbocycles. The number of carbonyl (C=O) groups excluding carboxylic acids is 4. The number of benzene rings is 2. The van der Waals surface area contributed by atoms with Gasteiger partial charge in [0.25, 0.3) is 11.8 Å². The first-order valence-electron chi connectivity index (χ1n) is 12.7. The van der Waals surface area contributed by atoms with Crippen molar-refractivity contribution in [3.05, 3.63) is 75.4 Å². The average molecular weight is 659 g/mol. The third kappa shape index (κ3) is 5.93. The Morgan fingerprint density at radius 3 is 2.57 bits per heavy atom. The second-order valence-corrected chi connectivity index (χ2v) is 12.0. The van der Waals surface area contributed by atoms with Crippen LogP contribution in [0.3, 0.4) is 0 Å². The lowest BCUT2D eigenvalue weighted by atomic mass is 10.0. The Labute approximate surface area is 262 Å². The number of nitrogens with zero attached hydrogens (tertiary/aromatic N) is 5. The number of β-lactam (4-membered cyclic amide) rings is 1. The van der Waals surface area contributed by atoms with Crippen LogP contribution >= 0.6 is 35.1 Å². The van der Waals surface area contributed by atoms with Crippen LogP contribution in [0, 0.1) is 0 Å². The summed E-state index contributed by atoms with van der Waals surface area (Å²) in [6.07, 6.45) is 0. The molecule has 0 radical (unpaired) electrons. The molecule has 4 amide bonds. The molecule has 44 heavy (non-hydrogen) atoms. The molecule has 18 heteroatoms. The molecular formula is C26H23ClN8O7S2. The summed E-state index contributed by atoms with van der Waals surface area (Å²) in [7, 11) is 1.65. The Hall–Kier alpha value is -4.61. The molecule has 15 nitrogen and oxygen atoms in total. The van der Waals surface area contributed by atoms with E-state index in [1.54, 1.807) is 37.4 Å². The molecule has 1 unspecified atom stereocenters. The maximum Gasteiger partial charge on any atom is 0.352 e. The van der Waals surface area contributed by atoms with Crippen LogP contribution in [-0.2, 0) is 21.4 Å². The Bertz CT molecular complexity index is 1720. The average Bonchev–Trinajstić information content (AvgIpc) is 3.41. The van der Waals surface area contributed by atoms with Crippen LogP contribution in [0.15, 0.2) is 58.9 Å². The van der Waals surface area contributed by atoms with E-state index in [-0.39, 0.29) is 33.4 Å². The third-order valence-corrected chi connectivity index (χ3v) is 9.52. The van der Waals surface area contributed by atoms with Crippen molar-refractivity contribution in [2.24, 2.45) is 12.8 Å². The van der Waals surface area contributed by atoms with Crippen molar-refractivity contribution in [3.63, 3.8) is 0 Å². The molecule has 2 aliphatic rings. The van der Waals surface area contributed by atoms with Gasteiger partial charge in [-0.3, -0.25) is 24.1 Å². The third-order valence-electron chi connectivity index (χ3n) is 6.77. The molecule has 3 atom stereocenters. The van der Waals surface area contributed by atoms with Crippen LogP contribution in [-0.4, -0.2) is 87.8 Å². The first-order valence-corrected chi connectivity index (χ1v) is 15.1. The highest BCUT2D eigenvalue weighted by molar-refractivity contribution is 8.01. The number of nitrogens with two attached hydrogens (primary N) is 1. The zero-order chi connectivity index (χ0) is 31.7. The number of rotatable bonds is 10. The van der Waals surface area contributed by atoms with Crippen LogP contribution in [0.25, 0.3) is 0 Å². The molecule has 1 fully saturated rings. The molecule has 3 aromatic rings. The summed E-state index contributed by atoms with van der Waals surface area (Å²) in [6.45, 7) is 0. The lowest BCUT2D eigenvalue weighted by Gasteiger charge is -2.49. The number of hydrogen-bond donors (Lipinski definition) is 5. The molecule has 3 heterocycles. The monoisotopic (exact) mass is 658 g/mol. The second kappa shape index (κ2) is 12.6. The Morgan fingerprint density at radius 1 is 1.20 bits per heavy atom. The van der Waals surface area contributed by atoms with Gasteiger partial charge in [0.15, 0.2) is 0 Å². The summed E-state index contributed by atoms with van der Waals surface area (Å²) in [6, 6.07) is 7.72. The Morgan fingerprint density at radius 2 is 1.93 bits per heavy atom. The van der Waals surface area contributed by atoms with Crippen LogP contribution in [0.5, 0.6) is 5.75 Å². The maximum absolute atomic E-state index is 13.6. The number of halogens is 1. The van der Waals surface area contributed by atoms with Crippen LogP contribution < -0.4 is 16.4 Å². The van der Waals surface area contributed by atoms with Gasteiger partial charge in [-0.15, -0.1) is 16.9 Å². The van der Waals surface area contributed by atoms with Crippen molar-refractivity contribution in [3.8, 4) is 5.75 Å². The number of aliphatic carboxylic acids is 1. The molecule has 0 aliphatic carbocycles. The molecule has 2 aromatic carbocycles. The van der Waals surface area contributed by atoms with Crippen molar-refractivity contribution in [2.45, 2.75) is 22.6 Å². The number of nitrogens with one attached hydrogen (secondary N) is 2. The van der Waals surface area contributed by atoms with Gasteiger partial charge >= 0.3 is 5.97 Å². The number of phenols is 1. The number of hydrogen-bond acceptors (Lipinski definition) is 11. The van der Waals surface area contributed by atoms with E-state index in [0.717, 1.165) is 17.0 Å². The number of fused-ring (bicyclic) bond motifs is 1. The summed E-state index contributed by atoms with van der Waals surface area (Å²) in [5.41, 5.74) is 5.43. The largest absolute Gasteiger partial charge is 0.507 e. The number of primary amides is 1. The lowest BCUT2D eigenvalue weighted by molar-refractivity contribution is -0.151. The van der Waals surface area contributed by atoms with Crippen molar-refractivity contribution in [1.82, 2.24) is 35.7 Å². The molecule has 1 aromatic heterocycles. The highest BCUT2D eigenvalue weighted by Crippen LogP contribution is 2.41. The normalized spacial score (nSPS) is 18.2. The summed E-state index contributed by atoms with van der Waals surface area (Å²) < 4.78 is 1.44. The van der Waals surface area contributed by atoms with Crippen molar-refractivity contribution in [1.29, 1.82) is 0 Å². The SMILES string of the molecule is Cn1nnnc1SCC1=C(C(=O)O)N2C(=O)C(NC(=O)[C@@H](NC(=O)c3cc(C(N)=O)c(Cl)cc3O)c3ccccc3)[C@@H]2SC1. The minimum absolute atomic E-state index is 0.163. The smallest absolute Gasteiger partial charge is 0.352 e. The Balaban J connectivity index is 1.35. The highest BCUT2D eigenvalue weighted by Gasteiger charge is 2.54. The molecule has 2 aliphatic heterocycles. The number of thioether (sulfide) groups is 2. The minimum atomic E-state index is -1.34. The van der Waals surface area contributed by atoms with Gasteiger partial charge in [-0.05, 0) is 27.6 Å². The van der Waals surface area contributed by atoms with E-state index in [0.29, 0.717) is 16.3 Å². The summed E-state index contributed by atoms with van der Waals surface area (Å²) in [5, 5.41) is 36.2. The molecule has 1 saturated heterocycles. The number of tetrazole rings is 1. The predicted molar refractivity (Wildman–Crippen MR) is 157 cm³/mol. The number of amides is 4. The fraction of sp³-hybridized carbons (Fsp3) is 0.231. The van der Waals surface area contributed by atoms with Gasteiger partial charge in [0.05, 0.1) is 16.1 Å². The van der Waals surface area contributed by atoms with Gasteiger partial charge < -0.3 is 26.6 Å². The van der Waals surface area contributed by atoms with Crippen molar-refractivity contribution in [2.75, 3.05) is 11.5 Å². The van der Waals surface area contributed by atoms with Gasteiger partial charge in [-0.2, -0.15) is 0 Å².